The van der Waals surface area contributed by atoms with E-state index in [1.165, 1.54) is 6.08 Å². The van der Waals surface area contributed by atoms with Gasteiger partial charge in [0.05, 0.1) is 13.2 Å². The van der Waals surface area contributed by atoms with Gasteiger partial charge in [-0.15, -0.1) is 0 Å². The summed E-state index contributed by atoms with van der Waals surface area (Å²) < 4.78 is 9.83. The number of ketones is 1. The van der Waals surface area contributed by atoms with Gasteiger partial charge in [0, 0.05) is 12.3 Å². The van der Waals surface area contributed by atoms with Crippen molar-refractivity contribution in [1.82, 2.24) is 0 Å². The third kappa shape index (κ3) is 1.49. The van der Waals surface area contributed by atoms with Crippen molar-refractivity contribution in [2.75, 3.05) is 13.2 Å². The average Bonchev–Trinajstić information content (AvgIpc) is 2.69. The lowest BCUT2D eigenvalue weighted by molar-refractivity contribution is -0.164. The van der Waals surface area contributed by atoms with Crippen LogP contribution in [0.2, 0.25) is 0 Å². The number of hydrogen-bond acceptors (Lipinski definition) is 5. The maximum Gasteiger partial charge on any atom is 0.328 e. The first-order valence-corrected chi connectivity index (χ1v) is 5.68. The van der Waals surface area contributed by atoms with E-state index < -0.39 is 17.4 Å². The fraction of sp³-hybridized carbons (Fsp3) is 0.583. The minimum absolute atomic E-state index is 0.0470. The zero-order valence-electron chi connectivity index (χ0n) is 9.82. The Morgan fingerprint density at radius 2 is 1.82 bits per heavy atom. The summed E-state index contributed by atoms with van der Waals surface area (Å²) in [7, 11) is 0. The summed E-state index contributed by atoms with van der Waals surface area (Å²) in [5, 5.41) is 0. The second-order valence-electron chi connectivity index (χ2n) is 4.07. The first-order valence-electron chi connectivity index (χ1n) is 5.68. The van der Waals surface area contributed by atoms with Crippen molar-refractivity contribution in [2.24, 2.45) is 11.3 Å². The molecule has 1 atom stereocenters. The molecular weight excluding hydrogens is 224 g/mol. The number of hydrogen-bond donors (Lipinski definition) is 0. The standard InChI is InChI=1S/C12H14O5/c1-3-16-10(14)12(11(15)17-4-2)8-5-7(13)6-9(8)12/h5,9H,3-4,6H2,1-2H3. The lowest BCUT2D eigenvalue weighted by Gasteiger charge is -2.14. The second kappa shape index (κ2) is 3.98. The molecule has 0 bridgehead atoms. The molecule has 2 rings (SSSR count). The Morgan fingerprint density at radius 1 is 1.29 bits per heavy atom. The van der Waals surface area contributed by atoms with Gasteiger partial charge in [-0.3, -0.25) is 14.4 Å². The third-order valence-corrected chi connectivity index (χ3v) is 3.19. The maximum absolute atomic E-state index is 11.9. The monoisotopic (exact) mass is 238 g/mol. The highest BCUT2D eigenvalue weighted by Gasteiger charge is 2.74. The third-order valence-electron chi connectivity index (χ3n) is 3.19. The van der Waals surface area contributed by atoms with Gasteiger partial charge in [-0.1, -0.05) is 0 Å². The summed E-state index contributed by atoms with van der Waals surface area (Å²) >= 11 is 0. The molecule has 5 heteroatoms. The van der Waals surface area contributed by atoms with E-state index in [1.54, 1.807) is 13.8 Å². The fourth-order valence-electron chi connectivity index (χ4n) is 2.42. The molecule has 0 N–H and O–H groups in total. The van der Waals surface area contributed by atoms with Crippen LogP contribution in [0.4, 0.5) is 0 Å². The zero-order chi connectivity index (χ0) is 12.6. The Balaban J connectivity index is 2.28. The molecule has 0 heterocycles. The maximum atomic E-state index is 11.9. The van der Waals surface area contributed by atoms with Gasteiger partial charge in [-0.25, -0.2) is 0 Å². The number of esters is 2. The van der Waals surface area contributed by atoms with Gasteiger partial charge >= 0.3 is 11.9 Å². The van der Waals surface area contributed by atoms with Crippen molar-refractivity contribution < 1.29 is 23.9 Å². The van der Waals surface area contributed by atoms with Gasteiger partial charge in [0.15, 0.2) is 11.2 Å². The number of rotatable bonds is 4. The topological polar surface area (TPSA) is 69.7 Å². The molecule has 0 amide bonds. The van der Waals surface area contributed by atoms with E-state index in [9.17, 15) is 14.4 Å². The van der Waals surface area contributed by atoms with Crippen LogP contribution in [-0.4, -0.2) is 30.9 Å². The molecule has 0 radical (unpaired) electrons. The van der Waals surface area contributed by atoms with E-state index >= 15 is 0 Å². The van der Waals surface area contributed by atoms with Crippen molar-refractivity contribution in [3.8, 4) is 0 Å². The van der Waals surface area contributed by atoms with Crippen molar-refractivity contribution in [3.05, 3.63) is 11.6 Å². The van der Waals surface area contributed by atoms with Crippen LogP contribution in [-0.2, 0) is 23.9 Å². The van der Waals surface area contributed by atoms with Gasteiger partial charge in [0.1, 0.15) is 0 Å². The smallest absolute Gasteiger partial charge is 0.328 e. The predicted molar refractivity (Wildman–Crippen MR) is 56.9 cm³/mol. The largest absolute Gasteiger partial charge is 0.465 e. The quantitative estimate of drug-likeness (QED) is 0.530. The molecule has 1 fully saturated rings. The molecule has 0 aromatic rings. The summed E-state index contributed by atoms with van der Waals surface area (Å²) in [4.78, 5) is 34.9. The molecule has 17 heavy (non-hydrogen) atoms. The Bertz CT molecular complexity index is 403. The van der Waals surface area contributed by atoms with Crippen LogP contribution < -0.4 is 0 Å². The Morgan fingerprint density at radius 3 is 2.18 bits per heavy atom. The first kappa shape index (κ1) is 11.8. The van der Waals surface area contributed by atoms with Gasteiger partial charge < -0.3 is 9.47 Å². The highest BCUT2D eigenvalue weighted by Crippen LogP contribution is 2.64. The Kier molecular flexibility index (Phi) is 2.77. The highest BCUT2D eigenvalue weighted by molar-refractivity contribution is 6.15. The number of fused-ring (bicyclic) bond motifs is 1. The second-order valence-corrected chi connectivity index (χ2v) is 4.07. The van der Waals surface area contributed by atoms with E-state index in [4.69, 9.17) is 9.47 Å². The molecule has 0 aliphatic heterocycles. The van der Waals surface area contributed by atoms with E-state index in [0.717, 1.165) is 0 Å². The van der Waals surface area contributed by atoms with Crippen LogP contribution in [0.3, 0.4) is 0 Å². The minimum atomic E-state index is -1.32. The van der Waals surface area contributed by atoms with E-state index in [-0.39, 0.29) is 31.3 Å². The van der Waals surface area contributed by atoms with Crippen molar-refractivity contribution in [2.45, 2.75) is 20.3 Å². The predicted octanol–water partition coefficient (Wildman–Crippen LogP) is 0.628. The summed E-state index contributed by atoms with van der Waals surface area (Å²) in [6, 6.07) is 0. The summed E-state index contributed by atoms with van der Waals surface area (Å²) in [6.45, 7) is 3.75. The molecule has 0 saturated heterocycles. The number of carbonyl (C=O) groups excluding carboxylic acids is 3. The van der Waals surface area contributed by atoms with Crippen molar-refractivity contribution >= 4 is 17.7 Å². The molecule has 5 nitrogen and oxygen atoms in total. The van der Waals surface area contributed by atoms with Crippen molar-refractivity contribution in [3.63, 3.8) is 0 Å². The first-order chi connectivity index (χ1) is 8.08. The average molecular weight is 238 g/mol. The fourth-order valence-corrected chi connectivity index (χ4v) is 2.42. The van der Waals surface area contributed by atoms with E-state index in [0.29, 0.717) is 5.57 Å². The summed E-state index contributed by atoms with van der Waals surface area (Å²) in [5.74, 6) is -1.58. The van der Waals surface area contributed by atoms with Gasteiger partial charge in [-0.2, -0.15) is 0 Å². The van der Waals surface area contributed by atoms with Gasteiger partial charge in [0.25, 0.3) is 0 Å². The summed E-state index contributed by atoms with van der Waals surface area (Å²) in [5.41, 5.74) is -0.765. The van der Waals surface area contributed by atoms with Crippen LogP contribution in [0.1, 0.15) is 20.3 Å². The lowest BCUT2D eigenvalue weighted by atomic mass is 9.98. The van der Waals surface area contributed by atoms with Crippen molar-refractivity contribution in [1.29, 1.82) is 0 Å². The van der Waals surface area contributed by atoms with Crippen LogP contribution in [0.15, 0.2) is 11.6 Å². The van der Waals surface area contributed by atoms with Crippen LogP contribution in [0.25, 0.3) is 0 Å². The molecule has 92 valence electrons. The number of carbonyl (C=O) groups is 3. The molecule has 1 saturated carbocycles. The van der Waals surface area contributed by atoms with Crippen LogP contribution in [0.5, 0.6) is 0 Å². The van der Waals surface area contributed by atoms with E-state index in [2.05, 4.69) is 0 Å². The number of allylic oxidation sites excluding steroid dienone is 1. The molecule has 1 unspecified atom stereocenters. The number of ether oxygens (including phenoxy) is 2. The SMILES string of the molecule is CCOC(=O)C1(C(=O)OCC)C2=CC(=O)CC21. The van der Waals surface area contributed by atoms with E-state index in [1.807, 2.05) is 0 Å². The summed E-state index contributed by atoms with van der Waals surface area (Å²) in [6.07, 6.45) is 1.57. The zero-order valence-corrected chi connectivity index (χ0v) is 9.82. The Labute approximate surface area is 98.8 Å². The molecule has 0 spiro atoms. The normalized spacial score (nSPS) is 23.8. The lowest BCUT2D eigenvalue weighted by Crippen LogP contribution is -2.33. The van der Waals surface area contributed by atoms with Gasteiger partial charge in [0.2, 0.25) is 0 Å². The molecule has 0 aromatic carbocycles. The molecular formula is C12H14O5. The van der Waals surface area contributed by atoms with Gasteiger partial charge in [-0.05, 0) is 25.5 Å². The molecule has 2 aliphatic carbocycles. The molecule has 2 aliphatic rings. The van der Waals surface area contributed by atoms with Crippen LogP contribution in [0, 0.1) is 11.3 Å². The highest BCUT2D eigenvalue weighted by atomic mass is 16.6. The minimum Gasteiger partial charge on any atom is -0.465 e. The Hall–Kier alpha value is -1.65. The van der Waals surface area contributed by atoms with Crippen LogP contribution >= 0.6 is 0 Å². The molecule has 0 aromatic heterocycles.